The second-order valence-corrected chi connectivity index (χ2v) is 6.80. The average molecular weight is 377 g/mol. The number of nitrogens with one attached hydrogen (secondary N) is 2. The molecule has 0 spiro atoms. The van der Waals surface area contributed by atoms with Crippen molar-refractivity contribution in [3.05, 3.63) is 29.8 Å². The number of benzene rings is 1. The van der Waals surface area contributed by atoms with Crippen LogP contribution in [0, 0.1) is 0 Å². The molecule has 6 nitrogen and oxygen atoms in total. The van der Waals surface area contributed by atoms with Gasteiger partial charge in [0.1, 0.15) is 5.75 Å². The van der Waals surface area contributed by atoms with Crippen molar-refractivity contribution >= 4 is 5.96 Å². The molecule has 0 radical (unpaired) electrons. The minimum absolute atomic E-state index is 0.603. The summed E-state index contributed by atoms with van der Waals surface area (Å²) in [5, 5.41) is 6.99. The summed E-state index contributed by atoms with van der Waals surface area (Å²) in [6.45, 7) is 10.6. The van der Waals surface area contributed by atoms with Crippen LogP contribution in [0.3, 0.4) is 0 Å². The van der Waals surface area contributed by atoms with E-state index in [0.29, 0.717) is 12.6 Å². The number of likely N-dealkylation sites (tertiary alicyclic amines) is 1. The first-order valence-corrected chi connectivity index (χ1v) is 10.2. The molecule has 1 aromatic carbocycles. The molecule has 0 saturated carbocycles. The summed E-state index contributed by atoms with van der Waals surface area (Å²) in [4.78, 5) is 7.32. The number of methoxy groups -OCH3 is 1. The molecule has 1 aliphatic rings. The summed E-state index contributed by atoms with van der Waals surface area (Å²) < 4.78 is 10.6. The minimum atomic E-state index is 0.603. The van der Waals surface area contributed by atoms with E-state index in [1.165, 1.54) is 24.9 Å². The first kappa shape index (κ1) is 21.5. The first-order valence-electron chi connectivity index (χ1n) is 10.2. The highest BCUT2D eigenvalue weighted by atomic mass is 16.5. The molecular formula is C21H36N4O2. The quantitative estimate of drug-likeness (QED) is 0.353. The molecule has 6 heteroatoms. The number of ether oxygens (including phenoxy) is 2. The van der Waals surface area contributed by atoms with Crippen LogP contribution in [0.25, 0.3) is 0 Å². The van der Waals surface area contributed by atoms with Crippen molar-refractivity contribution in [3.63, 3.8) is 0 Å². The maximum atomic E-state index is 5.42. The molecule has 1 saturated heterocycles. The van der Waals surface area contributed by atoms with Gasteiger partial charge in [0.05, 0.1) is 13.7 Å². The Hall–Kier alpha value is -1.79. The number of hydrogen-bond acceptors (Lipinski definition) is 4. The van der Waals surface area contributed by atoms with Crippen molar-refractivity contribution in [3.8, 4) is 5.75 Å². The smallest absolute Gasteiger partial charge is 0.191 e. The van der Waals surface area contributed by atoms with E-state index >= 15 is 0 Å². The SMILES string of the molecule is CCOCCCNC(=NCc1ccc(OC)cc1)NCC1CCCN1CC. The zero-order valence-corrected chi connectivity index (χ0v) is 17.2. The van der Waals surface area contributed by atoms with E-state index in [4.69, 9.17) is 14.5 Å². The average Bonchev–Trinajstić information content (AvgIpc) is 3.17. The zero-order valence-electron chi connectivity index (χ0n) is 17.2. The van der Waals surface area contributed by atoms with Crippen LogP contribution in [-0.4, -0.2) is 63.4 Å². The van der Waals surface area contributed by atoms with E-state index < -0.39 is 0 Å². The highest BCUT2D eigenvalue weighted by molar-refractivity contribution is 5.79. The molecular weight excluding hydrogens is 340 g/mol. The van der Waals surface area contributed by atoms with Crippen molar-refractivity contribution in [1.82, 2.24) is 15.5 Å². The molecule has 2 rings (SSSR count). The molecule has 1 unspecified atom stereocenters. The number of nitrogens with zero attached hydrogens (tertiary/aromatic N) is 2. The summed E-state index contributed by atoms with van der Waals surface area (Å²) in [5.41, 5.74) is 1.17. The monoisotopic (exact) mass is 376 g/mol. The summed E-state index contributed by atoms with van der Waals surface area (Å²) in [7, 11) is 1.68. The predicted octanol–water partition coefficient (Wildman–Crippen LogP) is 2.64. The fraction of sp³-hybridized carbons (Fsp3) is 0.667. The Morgan fingerprint density at radius 3 is 2.74 bits per heavy atom. The van der Waals surface area contributed by atoms with E-state index in [0.717, 1.165) is 51.0 Å². The van der Waals surface area contributed by atoms with Gasteiger partial charge in [0, 0.05) is 32.3 Å². The number of likely N-dealkylation sites (N-methyl/N-ethyl adjacent to an activating group) is 1. The van der Waals surface area contributed by atoms with Gasteiger partial charge in [0.25, 0.3) is 0 Å². The van der Waals surface area contributed by atoms with Gasteiger partial charge in [-0.3, -0.25) is 4.90 Å². The first-order chi connectivity index (χ1) is 13.3. The Kier molecular flexibility index (Phi) is 10.0. The zero-order chi connectivity index (χ0) is 19.3. The van der Waals surface area contributed by atoms with Gasteiger partial charge in [-0.05, 0) is 57.0 Å². The van der Waals surface area contributed by atoms with Gasteiger partial charge in [-0.1, -0.05) is 19.1 Å². The van der Waals surface area contributed by atoms with E-state index in [2.05, 4.69) is 34.6 Å². The fourth-order valence-corrected chi connectivity index (χ4v) is 3.36. The van der Waals surface area contributed by atoms with E-state index in [1.807, 2.05) is 19.1 Å². The van der Waals surface area contributed by atoms with E-state index in [-0.39, 0.29) is 0 Å². The molecule has 0 bridgehead atoms. The van der Waals surface area contributed by atoms with E-state index in [1.54, 1.807) is 7.11 Å². The fourth-order valence-electron chi connectivity index (χ4n) is 3.36. The largest absolute Gasteiger partial charge is 0.497 e. The lowest BCUT2D eigenvalue weighted by molar-refractivity contribution is 0.145. The third-order valence-electron chi connectivity index (χ3n) is 4.95. The highest BCUT2D eigenvalue weighted by Gasteiger charge is 2.22. The van der Waals surface area contributed by atoms with Crippen molar-refractivity contribution in [2.24, 2.45) is 4.99 Å². The molecule has 2 N–H and O–H groups in total. The van der Waals surface area contributed by atoms with Crippen LogP contribution < -0.4 is 15.4 Å². The van der Waals surface area contributed by atoms with Gasteiger partial charge in [0.2, 0.25) is 0 Å². The second-order valence-electron chi connectivity index (χ2n) is 6.80. The second kappa shape index (κ2) is 12.6. The number of rotatable bonds is 11. The Morgan fingerprint density at radius 2 is 2.04 bits per heavy atom. The molecule has 0 amide bonds. The Labute approximate surface area is 164 Å². The Balaban J connectivity index is 1.88. The number of aliphatic imine (C=N–C) groups is 1. The Morgan fingerprint density at radius 1 is 1.22 bits per heavy atom. The third kappa shape index (κ3) is 7.77. The van der Waals surface area contributed by atoms with Crippen LogP contribution in [0.4, 0.5) is 0 Å². The summed E-state index contributed by atoms with van der Waals surface area (Å²) >= 11 is 0. The molecule has 0 aromatic heterocycles. The van der Waals surface area contributed by atoms with Crippen LogP contribution in [0.1, 0.15) is 38.7 Å². The maximum absolute atomic E-state index is 5.42. The lowest BCUT2D eigenvalue weighted by Gasteiger charge is -2.24. The molecule has 27 heavy (non-hydrogen) atoms. The molecule has 1 heterocycles. The van der Waals surface area contributed by atoms with Gasteiger partial charge in [-0.15, -0.1) is 0 Å². The molecule has 1 atom stereocenters. The van der Waals surface area contributed by atoms with E-state index in [9.17, 15) is 0 Å². The summed E-state index contributed by atoms with van der Waals surface area (Å²) in [6, 6.07) is 8.68. The normalized spacial score (nSPS) is 17.9. The van der Waals surface area contributed by atoms with Crippen LogP contribution in [0.15, 0.2) is 29.3 Å². The Bertz CT molecular complexity index is 548. The van der Waals surface area contributed by atoms with Crippen molar-refractivity contribution in [1.29, 1.82) is 0 Å². The van der Waals surface area contributed by atoms with Crippen LogP contribution in [0.5, 0.6) is 5.75 Å². The van der Waals surface area contributed by atoms with Crippen molar-refractivity contribution < 1.29 is 9.47 Å². The molecule has 1 fully saturated rings. The number of guanidine groups is 1. The molecule has 1 aliphatic heterocycles. The van der Waals surface area contributed by atoms with Crippen molar-refractivity contribution in [2.45, 2.75) is 45.7 Å². The van der Waals surface area contributed by atoms with Gasteiger partial charge in [-0.25, -0.2) is 4.99 Å². The lowest BCUT2D eigenvalue weighted by atomic mass is 10.2. The van der Waals surface area contributed by atoms with Crippen LogP contribution in [0.2, 0.25) is 0 Å². The highest BCUT2D eigenvalue weighted by Crippen LogP contribution is 2.15. The lowest BCUT2D eigenvalue weighted by Crippen LogP contribution is -2.45. The van der Waals surface area contributed by atoms with Gasteiger partial charge < -0.3 is 20.1 Å². The van der Waals surface area contributed by atoms with Gasteiger partial charge >= 0.3 is 0 Å². The van der Waals surface area contributed by atoms with Gasteiger partial charge in [-0.2, -0.15) is 0 Å². The predicted molar refractivity (Wildman–Crippen MR) is 112 cm³/mol. The summed E-state index contributed by atoms with van der Waals surface area (Å²) in [6.07, 6.45) is 3.53. The van der Waals surface area contributed by atoms with Crippen molar-refractivity contribution in [2.75, 3.05) is 46.5 Å². The number of hydrogen-bond donors (Lipinski definition) is 2. The third-order valence-corrected chi connectivity index (χ3v) is 4.95. The molecule has 1 aromatic rings. The molecule has 152 valence electrons. The molecule has 0 aliphatic carbocycles. The van der Waals surface area contributed by atoms with Crippen LogP contribution >= 0.6 is 0 Å². The topological polar surface area (TPSA) is 58.1 Å². The standard InChI is InChI=1S/C21H36N4O2/c1-4-25-14-6-8-19(25)17-24-21(22-13-7-15-27-5-2)23-16-18-9-11-20(26-3)12-10-18/h9-12,19H,4-8,13-17H2,1-3H3,(H2,22,23,24). The maximum Gasteiger partial charge on any atom is 0.191 e. The van der Waals surface area contributed by atoms with Gasteiger partial charge in [0.15, 0.2) is 5.96 Å². The van der Waals surface area contributed by atoms with Crippen LogP contribution in [-0.2, 0) is 11.3 Å². The minimum Gasteiger partial charge on any atom is -0.497 e. The summed E-state index contributed by atoms with van der Waals surface area (Å²) in [5.74, 6) is 1.75.